The number of alkyl halides is 3. The van der Waals surface area contributed by atoms with Crippen LogP contribution in [0.2, 0.25) is 0 Å². The summed E-state index contributed by atoms with van der Waals surface area (Å²) in [5.41, 5.74) is 0.395. The van der Waals surface area contributed by atoms with Gasteiger partial charge < -0.3 is 24.3 Å². The predicted molar refractivity (Wildman–Crippen MR) is 130 cm³/mol. The Balaban J connectivity index is 0.00000456. The summed E-state index contributed by atoms with van der Waals surface area (Å²) in [6, 6.07) is 6.79. The molecule has 1 N–H and O–H groups in total. The van der Waals surface area contributed by atoms with Crippen LogP contribution in [0.4, 0.5) is 24.7 Å². The van der Waals surface area contributed by atoms with Crippen LogP contribution in [-0.4, -0.2) is 64.4 Å². The molecule has 0 fully saturated rings. The van der Waals surface area contributed by atoms with Crippen molar-refractivity contribution in [2.24, 2.45) is 0 Å². The third kappa shape index (κ3) is 7.24. The molecule has 0 spiro atoms. The maximum Gasteiger partial charge on any atom is 0.422 e. The largest absolute Gasteiger partial charge is 0.497 e. The zero-order valence-corrected chi connectivity index (χ0v) is 21.2. The van der Waals surface area contributed by atoms with Crippen LogP contribution in [0, 0.1) is 0 Å². The zero-order chi connectivity index (χ0) is 25.6. The maximum absolute atomic E-state index is 12.8. The van der Waals surface area contributed by atoms with Gasteiger partial charge in [0.1, 0.15) is 36.0 Å². The standard InChI is InChI=1S/C22H24F3N3O6S.ClH/c1-4-35(29,30)15-5-6-18(34-12-22(23,24)25)16(11-15)28-21-20-17(26-13-27-21)9-14(32-3)10-19(20)33-8-7-31-2;/h5-6,9-11,13H,4,7-8,12H2,1-3H3,(H,26,27,28);1H. The van der Waals surface area contributed by atoms with Crippen LogP contribution in [0.5, 0.6) is 17.2 Å². The summed E-state index contributed by atoms with van der Waals surface area (Å²) in [5, 5.41) is 3.29. The van der Waals surface area contributed by atoms with Gasteiger partial charge in [-0.3, -0.25) is 0 Å². The van der Waals surface area contributed by atoms with Gasteiger partial charge in [-0.25, -0.2) is 18.4 Å². The van der Waals surface area contributed by atoms with Crippen molar-refractivity contribution in [2.75, 3.05) is 45.1 Å². The Bertz CT molecular complexity index is 1290. The Kier molecular flexibility index (Phi) is 9.96. The zero-order valence-electron chi connectivity index (χ0n) is 19.6. The summed E-state index contributed by atoms with van der Waals surface area (Å²) in [5.74, 6) is 0.546. The van der Waals surface area contributed by atoms with E-state index < -0.39 is 22.6 Å². The molecule has 9 nitrogen and oxygen atoms in total. The highest BCUT2D eigenvalue weighted by Crippen LogP contribution is 2.38. The van der Waals surface area contributed by atoms with Gasteiger partial charge in [-0.15, -0.1) is 12.4 Å². The quantitative estimate of drug-likeness (QED) is 0.343. The first-order valence-corrected chi connectivity index (χ1v) is 12.0. The van der Waals surface area contributed by atoms with E-state index in [-0.39, 0.29) is 46.9 Å². The Labute approximate surface area is 212 Å². The lowest BCUT2D eigenvalue weighted by atomic mass is 10.2. The van der Waals surface area contributed by atoms with Crippen LogP contribution in [0.25, 0.3) is 10.9 Å². The van der Waals surface area contributed by atoms with Crippen LogP contribution in [0.15, 0.2) is 41.6 Å². The summed E-state index contributed by atoms with van der Waals surface area (Å²) in [4.78, 5) is 8.35. The summed E-state index contributed by atoms with van der Waals surface area (Å²) in [6.45, 7) is 0.388. The van der Waals surface area contributed by atoms with Gasteiger partial charge in [-0.2, -0.15) is 13.2 Å². The molecule has 0 aliphatic rings. The maximum atomic E-state index is 12.8. The van der Waals surface area contributed by atoms with E-state index in [4.69, 9.17) is 18.9 Å². The molecule has 0 radical (unpaired) electrons. The molecule has 14 heteroatoms. The van der Waals surface area contributed by atoms with Crippen molar-refractivity contribution in [1.29, 1.82) is 0 Å². The monoisotopic (exact) mass is 551 g/mol. The number of methoxy groups -OCH3 is 2. The van der Waals surface area contributed by atoms with Crippen molar-refractivity contribution in [3.63, 3.8) is 0 Å². The molecule has 3 aromatic rings. The highest BCUT2D eigenvalue weighted by atomic mass is 35.5. The molecule has 0 saturated heterocycles. The molecule has 0 saturated carbocycles. The van der Waals surface area contributed by atoms with Gasteiger partial charge in [0.25, 0.3) is 0 Å². The lowest BCUT2D eigenvalue weighted by molar-refractivity contribution is -0.153. The topological polar surface area (TPSA) is 109 Å². The Morgan fingerprint density at radius 3 is 2.39 bits per heavy atom. The molecular weight excluding hydrogens is 527 g/mol. The number of nitrogens with zero attached hydrogens (tertiary/aromatic N) is 2. The molecule has 3 rings (SSSR count). The number of aromatic nitrogens is 2. The van der Waals surface area contributed by atoms with E-state index in [0.29, 0.717) is 29.0 Å². The first kappa shape index (κ1) is 29.2. The number of nitrogens with one attached hydrogen (secondary N) is 1. The average molecular weight is 552 g/mol. The van der Waals surface area contributed by atoms with Crippen molar-refractivity contribution >= 4 is 44.7 Å². The van der Waals surface area contributed by atoms with E-state index in [1.165, 1.54) is 45.7 Å². The lowest BCUT2D eigenvalue weighted by Crippen LogP contribution is -2.19. The molecule has 36 heavy (non-hydrogen) atoms. The van der Waals surface area contributed by atoms with Gasteiger partial charge in [0, 0.05) is 19.2 Å². The summed E-state index contributed by atoms with van der Waals surface area (Å²) < 4.78 is 84.2. The Morgan fingerprint density at radius 2 is 1.75 bits per heavy atom. The third-order valence-electron chi connectivity index (χ3n) is 4.79. The highest BCUT2D eigenvalue weighted by Gasteiger charge is 2.29. The molecule has 0 aliphatic heterocycles. The van der Waals surface area contributed by atoms with Gasteiger partial charge in [0.2, 0.25) is 0 Å². The molecule has 198 valence electrons. The van der Waals surface area contributed by atoms with Crippen LogP contribution in [0.1, 0.15) is 6.92 Å². The highest BCUT2D eigenvalue weighted by molar-refractivity contribution is 7.91. The van der Waals surface area contributed by atoms with Crippen LogP contribution < -0.4 is 19.5 Å². The van der Waals surface area contributed by atoms with Gasteiger partial charge in [-0.1, -0.05) is 6.92 Å². The normalized spacial score (nSPS) is 11.6. The molecule has 0 atom stereocenters. The second kappa shape index (κ2) is 12.3. The number of anilines is 2. The molecule has 0 aliphatic carbocycles. The number of fused-ring (bicyclic) bond motifs is 1. The van der Waals surface area contributed by atoms with E-state index in [2.05, 4.69) is 15.3 Å². The van der Waals surface area contributed by atoms with E-state index in [1.54, 1.807) is 12.1 Å². The van der Waals surface area contributed by atoms with Gasteiger partial charge in [0.15, 0.2) is 16.4 Å². The number of benzene rings is 2. The summed E-state index contributed by atoms with van der Waals surface area (Å²) in [7, 11) is -0.660. The number of sulfone groups is 1. The summed E-state index contributed by atoms with van der Waals surface area (Å²) >= 11 is 0. The average Bonchev–Trinajstić information content (AvgIpc) is 2.82. The van der Waals surface area contributed by atoms with Crippen molar-refractivity contribution in [1.82, 2.24) is 9.97 Å². The number of hydrogen-bond acceptors (Lipinski definition) is 9. The molecule has 2 aromatic carbocycles. The number of ether oxygens (including phenoxy) is 4. The molecular formula is C22H25ClF3N3O6S. The fraction of sp³-hybridized carbons (Fsp3) is 0.364. The first-order valence-electron chi connectivity index (χ1n) is 10.4. The minimum Gasteiger partial charge on any atom is -0.497 e. The van der Waals surface area contributed by atoms with E-state index in [9.17, 15) is 21.6 Å². The van der Waals surface area contributed by atoms with E-state index in [0.717, 1.165) is 0 Å². The number of rotatable bonds is 11. The fourth-order valence-electron chi connectivity index (χ4n) is 3.07. The molecule has 1 heterocycles. The van der Waals surface area contributed by atoms with Crippen LogP contribution >= 0.6 is 12.4 Å². The smallest absolute Gasteiger partial charge is 0.422 e. The minimum absolute atomic E-state index is 0. The van der Waals surface area contributed by atoms with Crippen molar-refractivity contribution in [3.8, 4) is 17.2 Å². The van der Waals surface area contributed by atoms with Gasteiger partial charge >= 0.3 is 6.18 Å². The Morgan fingerprint density at radius 1 is 1.00 bits per heavy atom. The number of hydrogen-bond donors (Lipinski definition) is 1. The minimum atomic E-state index is -4.59. The second-order valence-electron chi connectivity index (χ2n) is 7.17. The molecule has 0 amide bonds. The van der Waals surface area contributed by atoms with Crippen molar-refractivity contribution in [2.45, 2.75) is 18.0 Å². The van der Waals surface area contributed by atoms with Crippen molar-refractivity contribution in [3.05, 3.63) is 36.7 Å². The summed E-state index contributed by atoms with van der Waals surface area (Å²) in [6.07, 6.45) is -3.35. The van der Waals surface area contributed by atoms with Gasteiger partial charge in [-0.05, 0) is 18.2 Å². The third-order valence-corrected chi connectivity index (χ3v) is 6.52. The molecule has 0 unspecified atom stereocenters. The SMILES string of the molecule is CCS(=O)(=O)c1ccc(OCC(F)(F)F)c(Nc2ncnc3cc(OC)cc(OCCOC)c23)c1.Cl. The van der Waals surface area contributed by atoms with Crippen LogP contribution in [-0.2, 0) is 14.6 Å². The van der Waals surface area contributed by atoms with Gasteiger partial charge in [0.05, 0.1) is 41.0 Å². The second-order valence-corrected chi connectivity index (χ2v) is 9.45. The first-order chi connectivity index (χ1) is 16.6. The fourth-order valence-corrected chi connectivity index (χ4v) is 3.98. The van der Waals surface area contributed by atoms with E-state index in [1.807, 2.05) is 0 Å². The van der Waals surface area contributed by atoms with Crippen LogP contribution in [0.3, 0.4) is 0 Å². The molecule has 0 bridgehead atoms. The van der Waals surface area contributed by atoms with E-state index >= 15 is 0 Å². The van der Waals surface area contributed by atoms with Crippen molar-refractivity contribution < 1.29 is 40.5 Å². The number of halogens is 4. The predicted octanol–water partition coefficient (Wildman–Crippen LogP) is 4.56. The molecule has 1 aromatic heterocycles. The lowest BCUT2D eigenvalue weighted by Gasteiger charge is -2.17. The Hall–Kier alpha value is -3.03.